The van der Waals surface area contributed by atoms with Crippen LogP contribution in [-0.2, 0) is 16.5 Å². The highest BCUT2D eigenvalue weighted by Crippen LogP contribution is 2.44. The Hall–Kier alpha value is -1.79. The van der Waals surface area contributed by atoms with Gasteiger partial charge in [-0.3, -0.25) is 0 Å². The molecule has 1 saturated heterocycles. The molecular formula is C18H25F3N2O3S. The van der Waals surface area contributed by atoms with E-state index in [1.807, 2.05) is 20.9 Å². The van der Waals surface area contributed by atoms with Crippen LogP contribution in [0.4, 0.5) is 13.2 Å². The number of rotatable bonds is 2. The summed E-state index contributed by atoms with van der Waals surface area (Å²) in [6, 6.07) is 6.49. The molecule has 27 heavy (non-hydrogen) atoms. The molecule has 3 atom stereocenters. The average molecular weight is 406 g/mol. The lowest BCUT2D eigenvalue weighted by Gasteiger charge is -2.45. The lowest BCUT2D eigenvalue weighted by Crippen LogP contribution is -2.49. The SMILES string of the molecule is C.CC.CN1CCC2c3cc(OS(=O)(=O)C(F)(F)F)ccc3CC1C2C#N. The van der Waals surface area contributed by atoms with Crippen LogP contribution >= 0.6 is 0 Å². The fourth-order valence-electron chi connectivity index (χ4n) is 3.59. The normalized spacial score (nSPS) is 24.4. The molecule has 1 aromatic rings. The summed E-state index contributed by atoms with van der Waals surface area (Å²) in [5.41, 5.74) is -3.85. The van der Waals surface area contributed by atoms with Gasteiger partial charge in [0.05, 0.1) is 12.0 Å². The van der Waals surface area contributed by atoms with Gasteiger partial charge < -0.3 is 9.08 Å². The highest BCUT2D eigenvalue weighted by atomic mass is 32.2. The molecule has 2 bridgehead atoms. The van der Waals surface area contributed by atoms with Crippen molar-refractivity contribution in [2.24, 2.45) is 5.92 Å². The maximum absolute atomic E-state index is 12.5. The van der Waals surface area contributed by atoms with Gasteiger partial charge in [0.25, 0.3) is 0 Å². The largest absolute Gasteiger partial charge is 0.534 e. The van der Waals surface area contributed by atoms with E-state index < -0.39 is 15.6 Å². The molecule has 1 heterocycles. The molecule has 1 aliphatic carbocycles. The van der Waals surface area contributed by atoms with Gasteiger partial charge >= 0.3 is 15.6 Å². The van der Waals surface area contributed by atoms with E-state index in [-0.39, 0.29) is 31.1 Å². The maximum atomic E-state index is 12.5. The van der Waals surface area contributed by atoms with E-state index in [9.17, 15) is 26.9 Å². The lowest BCUT2D eigenvalue weighted by atomic mass is 9.68. The van der Waals surface area contributed by atoms with Crippen LogP contribution in [0, 0.1) is 17.2 Å². The quantitative estimate of drug-likeness (QED) is 0.547. The minimum atomic E-state index is -5.70. The minimum absolute atomic E-state index is 0. The number of halogens is 3. The van der Waals surface area contributed by atoms with E-state index in [1.165, 1.54) is 12.1 Å². The summed E-state index contributed by atoms with van der Waals surface area (Å²) in [5.74, 6) is -0.775. The van der Waals surface area contributed by atoms with Gasteiger partial charge in [-0.25, -0.2) is 0 Å². The first-order valence-electron chi connectivity index (χ1n) is 8.37. The Balaban J connectivity index is 0.00000118. The molecule has 0 spiro atoms. The Morgan fingerprint density at radius 2 is 1.93 bits per heavy atom. The summed E-state index contributed by atoms with van der Waals surface area (Å²) >= 11 is 0. The number of fused-ring (bicyclic) bond motifs is 4. The van der Waals surface area contributed by atoms with Crippen molar-refractivity contribution in [3.63, 3.8) is 0 Å². The predicted octanol–water partition coefficient (Wildman–Crippen LogP) is 4.06. The van der Waals surface area contributed by atoms with Crippen molar-refractivity contribution in [1.82, 2.24) is 4.90 Å². The highest BCUT2D eigenvalue weighted by molar-refractivity contribution is 7.88. The van der Waals surface area contributed by atoms with Crippen molar-refractivity contribution in [3.8, 4) is 11.8 Å². The fourth-order valence-corrected chi connectivity index (χ4v) is 4.04. The van der Waals surface area contributed by atoms with Crippen molar-refractivity contribution in [2.45, 2.75) is 51.6 Å². The van der Waals surface area contributed by atoms with Crippen molar-refractivity contribution in [1.29, 1.82) is 5.26 Å². The molecule has 0 amide bonds. The Kier molecular flexibility index (Phi) is 7.30. The van der Waals surface area contributed by atoms with E-state index in [0.717, 1.165) is 12.1 Å². The number of benzene rings is 1. The first kappa shape index (κ1) is 23.2. The van der Waals surface area contributed by atoms with Gasteiger partial charge in [-0.15, -0.1) is 0 Å². The molecule has 152 valence electrons. The summed E-state index contributed by atoms with van der Waals surface area (Å²) in [7, 11) is -3.75. The molecule has 1 fully saturated rings. The van der Waals surface area contributed by atoms with Crippen molar-refractivity contribution >= 4 is 10.1 Å². The second-order valence-electron chi connectivity index (χ2n) is 6.15. The second kappa shape index (κ2) is 8.48. The van der Waals surface area contributed by atoms with Gasteiger partial charge in [0, 0.05) is 12.0 Å². The highest BCUT2D eigenvalue weighted by Gasteiger charge is 2.49. The van der Waals surface area contributed by atoms with E-state index in [1.54, 1.807) is 6.07 Å². The third-order valence-electron chi connectivity index (χ3n) is 4.79. The third-order valence-corrected chi connectivity index (χ3v) is 5.77. The Bertz CT molecular complexity index is 803. The molecule has 0 radical (unpaired) electrons. The molecule has 0 N–H and O–H groups in total. The molecule has 1 aromatic carbocycles. The van der Waals surface area contributed by atoms with Gasteiger partial charge in [-0.1, -0.05) is 27.3 Å². The van der Waals surface area contributed by atoms with E-state index in [0.29, 0.717) is 18.4 Å². The molecule has 1 aliphatic heterocycles. The van der Waals surface area contributed by atoms with E-state index >= 15 is 0 Å². The maximum Gasteiger partial charge on any atom is 0.534 e. The zero-order chi connectivity index (χ0) is 19.7. The topological polar surface area (TPSA) is 70.4 Å². The molecule has 3 unspecified atom stereocenters. The van der Waals surface area contributed by atoms with Crippen LogP contribution < -0.4 is 4.18 Å². The smallest absolute Gasteiger partial charge is 0.376 e. The molecule has 9 heteroatoms. The molecule has 3 rings (SSSR count). The number of alkyl halides is 3. The van der Waals surface area contributed by atoms with Crippen molar-refractivity contribution in [3.05, 3.63) is 29.3 Å². The summed E-state index contributed by atoms with van der Waals surface area (Å²) in [4.78, 5) is 2.12. The number of piperidine rings is 1. The zero-order valence-corrected chi connectivity index (χ0v) is 15.6. The number of hydrogen-bond acceptors (Lipinski definition) is 5. The van der Waals surface area contributed by atoms with Gasteiger partial charge in [0.15, 0.2) is 0 Å². The number of likely N-dealkylation sites (N-methyl/N-ethyl adjacent to an activating group) is 1. The van der Waals surface area contributed by atoms with E-state index in [2.05, 4.69) is 15.2 Å². The summed E-state index contributed by atoms with van der Waals surface area (Å²) < 4.78 is 63.9. The van der Waals surface area contributed by atoms with Crippen LogP contribution in [0.3, 0.4) is 0 Å². The van der Waals surface area contributed by atoms with Crippen molar-refractivity contribution in [2.75, 3.05) is 13.6 Å². The van der Waals surface area contributed by atoms with Gasteiger partial charge in [-0.05, 0) is 49.7 Å². The number of nitriles is 1. The van der Waals surface area contributed by atoms with Crippen molar-refractivity contribution < 1.29 is 25.8 Å². The average Bonchev–Trinajstić information content (AvgIpc) is 2.58. The van der Waals surface area contributed by atoms with Crippen LogP contribution in [0.1, 0.15) is 44.7 Å². The van der Waals surface area contributed by atoms with Crippen LogP contribution in [0.2, 0.25) is 0 Å². The standard InChI is InChI=1S/C15H15F3N2O3S.C2H6.CH4/c1-20-5-4-11-12-7-10(23-24(21,22)15(16,17)18)3-2-9(12)6-14(20)13(11)8-19;1-2;/h2-3,7,11,13-14H,4-6H2,1H3;1-2H3;1H4. The summed E-state index contributed by atoms with van der Waals surface area (Å²) in [6.07, 6.45) is 1.29. The van der Waals surface area contributed by atoms with Crippen LogP contribution in [0.15, 0.2) is 18.2 Å². The van der Waals surface area contributed by atoms with Gasteiger partial charge in [0.1, 0.15) is 5.75 Å². The molecule has 5 nitrogen and oxygen atoms in total. The number of hydrogen-bond donors (Lipinski definition) is 0. The first-order chi connectivity index (χ1) is 12.1. The first-order valence-corrected chi connectivity index (χ1v) is 9.78. The molecular weight excluding hydrogens is 381 g/mol. The monoisotopic (exact) mass is 406 g/mol. The number of nitrogens with zero attached hydrogens (tertiary/aromatic N) is 2. The predicted molar refractivity (Wildman–Crippen MR) is 96.7 cm³/mol. The lowest BCUT2D eigenvalue weighted by molar-refractivity contribution is -0.0500. The minimum Gasteiger partial charge on any atom is -0.376 e. The molecule has 2 aliphatic rings. The van der Waals surface area contributed by atoms with E-state index in [4.69, 9.17) is 0 Å². The zero-order valence-electron chi connectivity index (χ0n) is 14.7. The summed E-state index contributed by atoms with van der Waals surface area (Å²) in [6.45, 7) is 4.78. The fraction of sp³-hybridized carbons (Fsp3) is 0.611. The third kappa shape index (κ3) is 4.38. The second-order valence-corrected chi connectivity index (χ2v) is 7.68. The molecule has 0 saturated carbocycles. The molecule has 0 aromatic heterocycles. The van der Waals surface area contributed by atoms with Crippen LogP contribution in [-0.4, -0.2) is 38.5 Å². The van der Waals surface area contributed by atoms with Crippen LogP contribution in [0.5, 0.6) is 5.75 Å². The van der Waals surface area contributed by atoms with Crippen LogP contribution in [0.25, 0.3) is 0 Å². The summed E-state index contributed by atoms with van der Waals surface area (Å²) in [5, 5.41) is 9.45. The Labute approximate surface area is 158 Å². The Morgan fingerprint density at radius 3 is 2.48 bits per heavy atom. The Morgan fingerprint density at radius 1 is 1.30 bits per heavy atom. The van der Waals surface area contributed by atoms with Gasteiger partial charge in [-0.2, -0.15) is 26.9 Å². The number of likely N-dealkylation sites (tertiary alicyclic amines) is 1. The van der Waals surface area contributed by atoms with Gasteiger partial charge in [0.2, 0.25) is 0 Å².